The number of pyridine rings is 1. The van der Waals surface area contributed by atoms with Crippen LogP contribution in [-0.2, 0) is 6.54 Å². The van der Waals surface area contributed by atoms with Crippen LogP contribution in [0.2, 0.25) is 0 Å². The van der Waals surface area contributed by atoms with E-state index in [4.69, 9.17) is 9.47 Å². The van der Waals surface area contributed by atoms with Crippen molar-refractivity contribution in [2.75, 3.05) is 7.11 Å². The molecule has 0 radical (unpaired) electrons. The van der Waals surface area contributed by atoms with Crippen LogP contribution in [0.4, 0.5) is 4.79 Å². The number of nitrogens with zero attached hydrogens (tertiary/aromatic N) is 1. The van der Waals surface area contributed by atoms with Crippen molar-refractivity contribution in [2.24, 2.45) is 0 Å². The van der Waals surface area contributed by atoms with Crippen LogP contribution in [0.15, 0.2) is 48.7 Å². The van der Waals surface area contributed by atoms with Crippen LogP contribution >= 0.6 is 0 Å². The molecular formula is C14H14N2O3. The number of nitrogens with one attached hydrogen (secondary N) is 1. The van der Waals surface area contributed by atoms with Crippen molar-refractivity contribution in [3.8, 4) is 11.6 Å². The number of aromatic nitrogens is 1. The van der Waals surface area contributed by atoms with Crippen LogP contribution in [0.3, 0.4) is 0 Å². The first-order valence-corrected chi connectivity index (χ1v) is 5.77. The Balaban J connectivity index is 1.83. The highest BCUT2D eigenvalue weighted by Gasteiger charge is 2.03. The third-order valence-corrected chi connectivity index (χ3v) is 2.40. The number of carbonyl (C=O) groups excluding carboxylic acids is 1. The molecule has 0 fully saturated rings. The largest absolute Gasteiger partial charge is 0.481 e. The minimum atomic E-state index is -0.498. The van der Waals surface area contributed by atoms with Gasteiger partial charge in [-0.3, -0.25) is 0 Å². The lowest BCUT2D eigenvalue weighted by Crippen LogP contribution is -2.26. The number of benzene rings is 1. The van der Waals surface area contributed by atoms with Crippen LogP contribution in [0, 0.1) is 0 Å². The second-order valence-electron chi connectivity index (χ2n) is 3.76. The zero-order chi connectivity index (χ0) is 13.5. The van der Waals surface area contributed by atoms with Gasteiger partial charge in [0.15, 0.2) is 0 Å². The average molecular weight is 258 g/mol. The summed E-state index contributed by atoms with van der Waals surface area (Å²) >= 11 is 0. The molecule has 0 aliphatic heterocycles. The number of para-hydroxylation sites is 1. The van der Waals surface area contributed by atoms with E-state index in [0.29, 0.717) is 18.2 Å². The molecule has 0 unspecified atom stereocenters. The summed E-state index contributed by atoms with van der Waals surface area (Å²) in [5, 5.41) is 2.64. The molecule has 0 atom stereocenters. The zero-order valence-electron chi connectivity index (χ0n) is 10.5. The summed E-state index contributed by atoms with van der Waals surface area (Å²) in [6.45, 7) is 0.350. The van der Waals surface area contributed by atoms with E-state index in [-0.39, 0.29) is 0 Å². The van der Waals surface area contributed by atoms with Gasteiger partial charge in [-0.25, -0.2) is 9.78 Å². The molecule has 0 bridgehead atoms. The third kappa shape index (κ3) is 3.99. The number of hydrogen-bond donors (Lipinski definition) is 1. The number of rotatable bonds is 4. The van der Waals surface area contributed by atoms with E-state index in [0.717, 1.165) is 5.56 Å². The van der Waals surface area contributed by atoms with Crippen LogP contribution in [0.25, 0.3) is 0 Å². The molecule has 0 spiro atoms. The molecule has 0 saturated carbocycles. The van der Waals surface area contributed by atoms with Crippen LogP contribution in [-0.4, -0.2) is 18.2 Å². The van der Waals surface area contributed by atoms with Crippen LogP contribution in [0.1, 0.15) is 5.56 Å². The lowest BCUT2D eigenvalue weighted by atomic mass is 10.3. The van der Waals surface area contributed by atoms with Crippen molar-refractivity contribution < 1.29 is 14.3 Å². The van der Waals surface area contributed by atoms with E-state index in [1.165, 1.54) is 0 Å². The van der Waals surface area contributed by atoms with Crippen molar-refractivity contribution in [1.29, 1.82) is 0 Å². The van der Waals surface area contributed by atoms with Crippen molar-refractivity contribution in [3.05, 3.63) is 54.2 Å². The summed E-state index contributed by atoms with van der Waals surface area (Å²) < 4.78 is 10.0. The van der Waals surface area contributed by atoms with Gasteiger partial charge in [0.25, 0.3) is 0 Å². The van der Waals surface area contributed by atoms with E-state index >= 15 is 0 Å². The lowest BCUT2D eigenvalue weighted by Gasteiger charge is -2.06. The molecule has 1 N–H and O–H groups in total. The predicted octanol–water partition coefficient (Wildman–Crippen LogP) is 2.38. The Morgan fingerprint density at radius 1 is 1.21 bits per heavy atom. The van der Waals surface area contributed by atoms with Gasteiger partial charge in [-0.1, -0.05) is 24.3 Å². The smallest absolute Gasteiger partial charge is 0.412 e. The first-order valence-electron chi connectivity index (χ1n) is 5.77. The lowest BCUT2D eigenvalue weighted by molar-refractivity contribution is 0.200. The average Bonchev–Trinajstić information content (AvgIpc) is 2.47. The Kier molecular flexibility index (Phi) is 4.34. The maximum Gasteiger partial charge on any atom is 0.412 e. The second kappa shape index (κ2) is 6.39. The van der Waals surface area contributed by atoms with E-state index in [9.17, 15) is 4.79 Å². The monoisotopic (exact) mass is 258 g/mol. The van der Waals surface area contributed by atoms with Gasteiger partial charge in [-0.2, -0.15) is 0 Å². The third-order valence-electron chi connectivity index (χ3n) is 2.40. The predicted molar refractivity (Wildman–Crippen MR) is 70.1 cm³/mol. The number of methoxy groups -OCH3 is 1. The zero-order valence-corrected chi connectivity index (χ0v) is 10.5. The summed E-state index contributed by atoms with van der Waals surface area (Å²) in [7, 11) is 1.55. The topological polar surface area (TPSA) is 60.5 Å². The van der Waals surface area contributed by atoms with Crippen molar-refractivity contribution in [2.45, 2.75) is 6.54 Å². The standard InChI is InChI=1S/C14H14N2O3/c1-18-13-8-7-11(9-15-13)10-16-14(17)19-12-5-3-2-4-6-12/h2-9H,10H2,1H3,(H,16,17). The first kappa shape index (κ1) is 12.9. The molecule has 5 nitrogen and oxygen atoms in total. The molecule has 0 aliphatic carbocycles. The Hall–Kier alpha value is -2.56. The molecule has 0 saturated heterocycles. The maximum atomic E-state index is 11.5. The fourth-order valence-electron chi connectivity index (χ4n) is 1.44. The van der Waals surface area contributed by atoms with Gasteiger partial charge < -0.3 is 14.8 Å². The van der Waals surface area contributed by atoms with Gasteiger partial charge >= 0.3 is 6.09 Å². The van der Waals surface area contributed by atoms with Gasteiger partial charge in [0.1, 0.15) is 5.75 Å². The minimum absolute atomic E-state index is 0.350. The van der Waals surface area contributed by atoms with Crippen molar-refractivity contribution in [1.82, 2.24) is 10.3 Å². The van der Waals surface area contributed by atoms with Crippen molar-refractivity contribution in [3.63, 3.8) is 0 Å². The normalized spacial score (nSPS) is 9.74. The molecule has 2 aromatic rings. The van der Waals surface area contributed by atoms with Gasteiger partial charge in [0, 0.05) is 18.8 Å². The highest BCUT2D eigenvalue weighted by molar-refractivity contribution is 5.70. The number of amides is 1. The second-order valence-corrected chi connectivity index (χ2v) is 3.76. The molecular weight excluding hydrogens is 244 g/mol. The summed E-state index contributed by atoms with van der Waals surface area (Å²) in [5.74, 6) is 1.04. The Labute approximate surface area is 111 Å². The minimum Gasteiger partial charge on any atom is -0.481 e. The van der Waals surface area contributed by atoms with Gasteiger partial charge in [-0.15, -0.1) is 0 Å². The fourth-order valence-corrected chi connectivity index (χ4v) is 1.44. The molecule has 2 rings (SSSR count). The van der Waals surface area contributed by atoms with Crippen LogP contribution < -0.4 is 14.8 Å². The van der Waals surface area contributed by atoms with Gasteiger partial charge in [0.2, 0.25) is 5.88 Å². The number of hydrogen-bond acceptors (Lipinski definition) is 4. The van der Waals surface area contributed by atoms with E-state index in [1.54, 1.807) is 43.6 Å². The SMILES string of the molecule is COc1ccc(CNC(=O)Oc2ccccc2)cn1. The summed E-state index contributed by atoms with van der Waals surface area (Å²) in [5.41, 5.74) is 0.866. The molecule has 1 amide bonds. The number of ether oxygens (including phenoxy) is 2. The highest BCUT2D eigenvalue weighted by atomic mass is 16.6. The summed E-state index contributed by atoms with van der Waals surface area (Å²) in [6, 6.07) is 12.5. The van der Waals surface area contributed by atoms with E-state index in [2.05, 4.69) is 10.3 Å². The quantitative estimate of drug-likeness (QED) is 0.914. The van der Waals surface area contributed by atoms with E-state index in [1.807, 2.05) is 12.1 Å². The maximum absolute atomic E-state index is 11.5. The summed E-state index contributed by atoms with van der Waals surface area (Å²) in [4.78, 5) is 15.6. The van der Waals surface area contributed by atoms with Gasteiger partial charge in [0.05, 0.1) is 7.11 Å². The van der Waals surface area contributed by atoms with Gasteiger partial charge in [-0.05, 0) is 17.7 Å². The molecule has 5 heteroatoms. The molecule has 98 valence electrons. The molecule has 19 heavy (non-hydrogen) atoms. The first-order chi connectivity index (χ1) is 9.28. The van der Waals surface area contributed by atoms with Crippen molar-refractivity contribution >= 4 is 6.09 Å². The Bertz CT molecular complexity index is 526. The molecule has 1 aromatic carbocycles. The Morgan fingerprint density at radius 2 is 2.00 bits per heavy atom. The number of carbonyl (C=O) groups is 1. The molecule has 1 heterocycles. The molecule has 1 aromatic heterocycles. The van der Waals surface area contributed by atoms with Crippen LogP contribution in [0.5, 0.6) is 11.6 Å². The fraction of sp³-hybridized carbons (Fsp3) is 0.143. The molecule has 0 aliphatic rings. The Morgan fingerprint density at radius 3 is 2.63 bits per heavy atom. The highest BCUT2D eigenvalue weighted by Crippen LogP contribution is 2.09. The van der Waals surface area contributed by atoms with E-state index < -0.39 is 6.09 Å². The summed E-state index contributed by atoms with van der Waals surface area (Å²) in [6.07, 6.45) is 1.14.